The lowest BCUT2D eigenvalue weighted by molar-refractivity contribution is -0.136. The highest BCUT2D eigenvalue weighted by atomic mass is 16.5. The van der Waals surface area contributed by atoms with Crippen LogP contribution in [0, 0.1) is 0 Å². The molecule has 0 saturated carbocycles. The van der Waals surface area contributed by atoms with Gasteiger partial charge >= 0.3 is 5.97 Å². The van der Waals surface area contributed by atoms with Gasteiger partial charge in [0, 0.05) is 16.9 Å². The Kier molecular flexibility index (Phi) is 6.49. The summed E-state index contributed by atoms with van der Waals surface area (Å²) in [7, 11) is 4.38. The van der Waals surface area contributed by atoms with Crippen molar-refractivity contribution in [1.82, 2.24) is 0 Å². The van der Waals surface area contributed by atoms with Crippen molar-refractivity contribution in [3.8, 4) is 11.5 Å². The van der Waals surface area contributed by atoms with Crippen LogP contribution in [0.15, 0.2) is 59.3 Å². The SMILES string of the molecule is COC(=O)C1=C(C)N(c2ccc(C(C)C)cc2)C(=O)C1=Cc1cccc(OC)c1OC. The Hall–Kier alpha value is -3.54. The number of allylic oxidation sites excluding steroid dienone is 1. The maximum Gasteiger partial charge on any atom is 0.340 e. The maximum atomic E-state index is 13.5. The maximum absolute atomic E-state index is 13.5. The van der Waals surface area contributed by atoms with Gasteiger partial charge in [0.1, 0.15) is 0 Å². The Morgan fingerprint density at radius 1 is 1.00 bits per heavy atom. The average molecular weight is 421 g/mol. The van der Waals surface area contributed by atoms with Crippen LogP contribution in [-0.4, -0.2) is 33.2 Å². The minimum absolute atomic E-state index is 0.227. The van der Waals surface area contributed by atoms with Crippen molar-refractivity contribution < 1.29 is 23.8 Å². The van der Waals surface area contributed by atoms with E-state index in [2.05, 4.69) is 13.8 Å². The fraction of sp³-hybridized carbons (Fsp3) is 0.280. The van der Waals surface area contributed by atoms with Crippen LogP contribution in [0.4, 0.5) is 5.69 Å². The summed E-state index contributed by atoms with van der Waals surface area (Å²) in [5.74, 6) is 0.512. The summed E-state index contributed by atoms with van der Waals surface area (Å²) in [5, 5.41) is 0. The van der Waals surface area contributed by atoms with E-state index in [-0.39, 0.29) is 17.1 Å². The highest BCUT2D eigenvalue weighted by molar-refractivity contribution is 6.24. The summed E-state index contributed by atoms with van der Waals surface area (Å²) in [6, 6.07) is 13.1. The molecule has 0 spiro atoms. The van der Waals surface area contributed by atoms with E-state index in [4.69, 9.17) is 14.2 Å². The fourth-order valence-corrected chi connectivity index (χ4v) is 3.68. The number of ether oxygens (including phenoxy) is 3. The van der Waals surface area contributed by atoms with E-state index < -0.39 is 5.97 Å². The third-order valence-corrected chi connectivity index (χ3v) is 5.34. The van der Waals surface area contributed by atoms with Crippen LogP contribution in [0.2, 0.25) is 0 Å². The summed E-state index contributed by atoms with van der Waals surface area (Å²) in [5.41, 5.74) is 3.46. The Morgan fingerprint density at radius 2 is 1.68 bits per heavy atom. The van der Waals surface area contributed by atoms with Gasteiger partial charge in [-0.05, 0) is 42.7 Å². The summed E-state index contributed by atoms with van der Waals surface area (Å²) in [4.78, 5) is 27.6. The molecule has 1 amide bonds. The van der Waals surface area contributed by atoms with Gasteiger partial charge in [-0.3, -0.25) is 9.69 Å². The average Bonchev–Trinajstić information content (AvgIpc) is 3.02. The molecule has 0 aliphatic carbocycles. The Bertz CT molecular complexity index is 1060. The quantitative estimate of drug-likeness (QED) is 0.499. The van der Waals surface area contributed by atoms with Crippen molar-refractivity contribution in [3.63, 3.8) is 0 Å². The lowest BCUT2D eigenvalue weighted by atomic mass is 10.0. The molecule has 2 aromatic rings. The molecule has 0 bridgehead atoms. The monoisotopic (exact) mass is 421 g/mol. The second kappa shape index (κ2) is 9.08. The third-order valence-electron chi connectivity index (χ3n) is 5.34. The molecule has 0 N–H and O–H groups in total. The third kappa shape index (κ3) is 4.06. The highest BCUT2D eigenvalue weighted by Crippen LogP contribution is 2.38. The van der Waals surface area contributed by atoms with Gasteiger partial charge in [0.25, 0.3) is 5.91 Å². The van der Waals surface area contributed by atoms with Gasteiger partial charge in [0.05, 0.1) is 32.5 Å². The molecule has 0 unspecified atom stereocenters. The van der Waals surface area contributed by atoms with Crippen LogP contribution in [0.1, 0.15) is 37.8 Å². The van der Waals surface area contributed by atoms with Crippen molar-refractivity contribution >= 4 is 23.6 Å². The summed E-state index contributed by atoms with van der Waals surface area (Å²) in [6.07, 6.45) is 1.64. The first-order valence-corrected chi connectivity index (χ1v) is 10.0. The van der Waals surface area contributed by atoms with Crippen molar-refractivity contribution in [3.05, 3.63) is 70.4 Å². The number of methoxy groups -OCH3 is 3. The number of carbonyl (C=O) groups is 2. The topological polar surface area (TPSA) is 65.1 Å². The molecule has 1 heterocycles. The number of hydrogen-bond donors (Lipinski definition) is 0. The second-order valence-electron chi connectivity index (χ2n) is 7.48. The number of para-hydroxylation sites is 1. The molecule has 31 heavy (non-hydrogen) atoms. The molecule has 0 aromatic heterocycles. The van der Waals surface area contributed by atoms with Gasteiger partial charge in [-0.2, -0.15) is 0 Å². The molecule has 1 aliphatic heterocycles. The molecule has 3 rings (SSSR count). The molecule has 1 aliphatic rings. The second-order valence-corrected chi connectivity index (χ2v) is 7.48. The van der Waals surface area contributed by atoms with Gasteiger partial charge in [-0.25, -0.2) is 4.79 Å². The number of anilines is 1. The van der Waals surface area contributed by atoms with Gasteiger partial charge in [0.2, 0.25) is 0 Å². The Balaban J connectivity index is 2.14. The van der Waals surface area contributed by atoms with Gasteiger partial charge < -0.3 is 14.2 Å². The molecule has 0 saturated heterocycles. The Labute approximate surface area is 182 Å². The number of nitrogens with zero attached hydrogens (tertiary/aromatic N) is 1. The normalized spacial score (nSPS) is 15.1. The minimum Gasteiger partial charge on any atom is -0.493 e. The number of carbonyl (C=O) groups excluding carboxylic acids is 2. The zero-order chi connectivity index (χ0) is 22.7. The van der Waals surface area contributed by atoms with E-state index in [0.717, 1.165) is 0 Å². The number of amides is 1. The lowest BCUT2D eigenvalue weighted by Gasteiger charge is -2.19. The van der Waals surface area contributed by atoms with E-state index in [1.54, 1.807) is 38.3 Å². The number of benzene rings is 2. The van der Waals surface area contributed by atoms with Crippen molar-refractivity contribution in [2.75, 3.05) is 26.2 Å². The van der Waals surface area contributed by atoms with Gasteiger partial charge in [-0.1, -0.05) is 38.1 Å². The molecular formula is C25H27NO5. The first-order chi connectivity index (χ1) is 14.8. The molecule has 0 fully saturated rings. The first-order valence-electron chi connectivity index (χ1n) is 10.0. The molecule has 6 nitrogen and oxygen atoms in total. The van der Waals surface area contributed by atoms with Crippen LogP contribution in [-0.2, 0) is 14.3 Å². The van der Waals surface area contributed by atoms with E-state index in [0.29, 0.717) is 34.4 Å². The number of hydrogen-bond acceptors (Lipinski definition) is 5. The zero-order valence-corrected chi connectivity index (χ0v) is 18.7. The van der Waals surface area contributed by atoms with Crippen molar-refractivity contribution in [1.29, 1.82) is 0 Å². The molecule has 2 aromatic carbocycles. The van der Waals surface area contributed by atoms with Crippen LogP contribution < -0.4 is 14.4 Å². The van der Waals surface area contributed by atoms with E-state index >= 15 is 0 Å². The van der Waals surface area contributed by atoms with Gasteiger partial charge in [0.15, 0.2) is 11.5 Å². The lowest BCUT2D eigenvalue weighted by Crippen LogP contribution is -2.24. The zero-order valence-electron chi connectivity index (χ0n) is 18.7. The minimum atomic E-state index is -0.569. The fourth-order valence-electron chi connectivity index (χ4n) is 3.68. The highest BCUT2D eigenvalue weighted by Gasteiger charge is 2.38. The number of rotatable bonds is 6. The van der Waals surface area contributed by atoms with E-state index in [9.17, 15) is 9.59 Å². The molecule has 0 radical (unpaired) electrons. The van der Waals surface area contributed by atoms with Gasteiger partial charge in [-0.15, -0.1) is 0 Å². The predicted molar refractivity (Wildman–Crippen MR) is 120 cm³/mol. The van der Waals surface area contributed by atoms with Crippen LogP contribution in [0.3, 0.4) is 0 Å². The Morgan fingerprint density at radius 3 is 2.23 bits per heavy atom. The predicted octanol–water partition coefficient (Wildman–Crippen LogP) is 4.70. The van der Waals surface area contributed by atoms with Crippen LogP contribution in [0.5, 0.6) is 11.5 Å². The van der Waals surface area contributed by atoms with Crippen LogP contribution >= 0.6 is 0 Å². The van der Waals surface area contributed by atoms with E-state index in [1.807, 2.05) is 24.3 Å². The van der Waals surface area contributed by atoms with E-state index in [1.165, 1.54) is 24.7 Å². The molecular weight excluding hydrogens is 394 g/mol. The standard InChI is InChI=1S/C25H27NO5/c1-15(2)17-10-12-19(13-11-17)26-16(3)22(25(28)31-6)20(24(26)27)14-18-8-7-9-21(29-4)23(18)30-5/h7-15H,1-6H3. The summed E-state index contributed by atoms with van der Waals surface area (Å²) in [6.45, 7) is 5.96. The molecule has 162 valence electrons. The smallest absolute Gasteiger partial charge is 0.340 e. The molecule has 0 atom stereocenters. The summed E-state index contributed by atoms with van der Waals surface area (Å²) < 4.78 is 15.8. The van der Waals surface area contributed by atoms with Crippen molar-refractivity contribution in [2.24, 2.45) is 0 Å². The largest absolute Gasteiger partial charge is 0.493 e. The first kappa shape index (κ1) is 22.2. The summed E-state index contributed by atoms with van der Waals surface area (Å²) >= 11 is 0. The number of esters is 1. The van der Waals surface area contributed by atoms with Crippen molar-refractivity contribution in [2.45, 2.75) is 26.7 Å². The van der Waals surface area contributed by atoms with Crippen LogP contribution in [0.25, 0.3) is 6.08 Å². The molecule has 6 heteroatoms.